The van der Waals surface area contributed by atoms with Gasteiger partial charge in [0, 0.05) is 29.3 Å². The van der Waals surface area contributed by atoms with Crippen molar-refractivity contribution in [1.82, 2.24) is 0 Å². The standard InChI is InChI=1S/C31H47N3/c1-20(2)26-13-11-14-27(21(3)4)30(26)33-18-17-32-24(9)19-25(10)34-31-28(22(5)6)15-12-16-29(31)23(7)8/h11-16,19-23,33-34H,17-18H2,1-10H3/b25-19+,32-24?. The molecule has 34 heavy (non-hydrogen) atoms. The molecule has 0 spiro atoms. The van der Waals surface area contributed by atoms with E-state index in [0.717, 1.165) is 24.5 Å². The molecule has 0 bridgehead atoms. The zero-order valence-corrected chi connectivity index (χ0v) is 23.2. The van der Waals surface area contributed by atoms with Gasteiger partial charge in [-0.15, -0.1) is 0 Å². The van der Waals surface area contributed by atoms with E-state index in [2.05, 4.69) is 122 Å². The number of rotatable bonds is 11. The number of hydrogen-bond acceptors (Lipinski definition) is 3. The molecule has 0 radical (unpaired) electrons. The predicted molar refractivity (Wildman–Crippen MR) is 153 cm³/mol. The third kappa shape index (κ3) is 7.48. The molecule has 2 N–H and O–H groups in total. The molecule has 3 nitrogen and oxygen atoms in total. The molecule has 0 saturated heterocycles. The Balaban J connectivity index is 2.11. The number of hydrogen-bond donors (Lipinski definition) is 2. The molecule has 0 fully saturated rings. The first kappa shape index (κ1) is 27.7. The van der Waals surface area contributed by atoms with Crippen LogP contribution in [0.5, 0.6) is 0 Å². The number of nitrogens with zero attached hydrogens (tertiary/aromatic N) is 1. The van der Waals surface area contributed by atoms with E-state index in [-0.39, 0.29) is 0 Å². The van der Waals surface area contributed by atoms with E-state index in [9.17, 15) is 0 Å². The highest BCUT2D eigenvalue weighted by atomic mass is 14.9. The minimum absolute atomic E-state index is 0.472. The number of benzene rings is 2. The maximum absolute atomic E-state index is 4.82. The van der Waals surface area contributed by atoms with Gasteiger partial charge in [-0.25, -0.2) is 0 Å². The van der Waals surface area contributed by atoms with Gasteiger partial charge in [-0.05, 0) is 65.8 Å². The Bertz CT molecular complexity index is 941. The second kappa shape index (κ2) is 12.8. The highest BCUT2D eigenvalue weighted by molar-refractivity contribution is 5.93. The van der Waals surface area contributed by atoms with Crippen LogP contribution in [0.3, 0.4) is 0 Å². The second-order valence-electron chi connectivity index (χ2n) is 10.6. The van der Waals surface area contributed by atoms with Crippen LogP contribution >= 0.6 is 0 Å². The summed E-state index contributed by atoms with van der Waals surface area (Å²) in [6.45, 7) is 23.9. The summed E-state index contributed by atoms with van der Waals surface area (Å²) >= 11 is 0. The SMILES string of the molecule is CC(/C=C(\C)Nc1c(C(C)C)cccc1C(C)C)=NCCNc1c(C(C)C)cccc1C(C)C. The van der Waals surface area contributed by atoms with Crippen molar-refractivity contribution in [3.63, 3.8) is 0 Å². The summed E-state index contributed by atoms with van der Waals surface area (Å²) in [4.78, 5) is 4.82. The lowest BCUT2D eigenvalue weighted by Crippen LogP contribution is -2.11. The second-order valence-corrected chi connectivity index (χ2v) is 10.6. The van der Waals surface area contributed by atoms with Gasteiger partial charge in [0.05, 0.1) is 6.54 Å². The lowest BCUT2D eigenvalue weighted by molar-refractivity contribution is 0.832. The number of aliphatic imine (C=N–C) groups is 1. The van der Waals surface area contributed by atoms with Crippen molar-refractivity contribution in [2.75, 3.05) is 23.7 Å². The summed E-state index contributed by atoms with van der Waals surface area (Å²) in [5.74, 6) is 1.93. The summed E-state index contributed by atoms with van der Waals surface area (Å²) in [5.41, 5.74) is 10.2. The molecule has 0 aromatic heterocycles. The normalized spacial score (nSPS) is 12.9. The highest BCUT2D eigenvalue weighted by Crippen LogP contribution is 2.34. The molecule has 0 aliphatic heterocycles. The Morgan fingerprint density at radius 2 is 1.12 bits per heavy atom. The van der Waals surface area contributed by atoms with Crippen molar-refractivity contribution in [1.29, 1.82) is 0 Å². The topological polar surface area (TPSA) is 36.4 Å². The quantitative estimate of drug-likeness (QED) is 0.258. The average molecular weight is 462 g/mol. The number of anilines is 2. The molecule has 2 aromatic rings. The van der Waals surface area contributed by atoms with E-state index in [4.69, 9.17) is 4.99 Å². The Hall–Kier alpha value is -2.55. The largest absolute Gasteiger partial charge is 0.383 e. The molecule has 0 heterocycles. The molecular formula is C31H47N3. The summed E-state index contributed by atoms with van der Waals surface area (Å²) in [7, 11) is 0. The van der Waals surface area contributed by atoms with Crippen LogP contribution in [0.1, 0.15) is 115 Å². The van der Waals surface area contributed by atoms with Crippen molar-refractivity contribution in [2.24, 2.45) is 4.99 Å². The minimum atomic E-state index is 0.472. The van der Waals surface area contributed by atoms with Gasteiger partial charge in [0.25, 0.3) is 0 Å². The first-order valence-corrected chi connectivity index (χ1v) is 13.0. The summed E-state index contributed by atoms with van der Waals surface area (Å²) in [6.07, 6.45) is 2.16. The number of para-hydroxylation sites is 2. The molecule has 2 aromatic carbocycles. The fraction of sp³-hybridized carbons (Fsp3) is 0.516. The Labute approximate surface area is 209 Å². The fourth-order valence-corrected chi connectivity index (χ4v) is 4.46. The van der Waals surface area contributed by atoms with Gasteiger partial charge in [-0.1, -0.05) is 91.8 Å². The molecule has 0 aliphatic rings. The third-order valence-corrected chi connectivity index (χ3v) is 6.27. The van der Waals surface area contributed by atoms with Crippen LogP contribution in [0, 0.1) is 0 Å². The maximum Gasteiger partial charge on any atom is 0.0565 e. The Morgan fingerprint density at radius 1 is 0.706 bits per heavy atom. The summed E-state index contributed by atoms with van der Waals surface area (Å²) in [6, 6.07) is 13.3. The first-order chi connectivity index (χ1) is 16.0. The smallest absolute Gasteiger partial charge is 0.0565 e. The van der Waals surface area contributed by atoms with Crippen LogP contribution in [-0.2, 0) is 0 Å². The van der Waals surface area contributed by atoms with E-state index in [1.54, 1.807) is 0 Å². The van der Waals surface area contributed by atoms with E-state index in [1.165, 1.54) is 33.6 Å². The van der Waals surface area contributed by atoms with Crippen LogP contribution < -0.4 is 10.6 Å². The van der Waals surface area contributed by atoms with Gasteiger partial charge in [0.15, 0.2) is 0 Å². The lowest BCUT2D eigenvalue weighted by atomic mass is 9.92. The van der Waals surface area contributed by atoms with E-state index >= 15 is 0 Å². The van der Waals surface area contributed by atoms with Crippen LogP contribution in [0.4, 0.5) is 11.4 Å². The zero-order valence-electron chi connectivity index (χ0n) is 23.2. The molecule has 0 amide bonds. The van der Waals surface area contributed by atoms with Crippen LogP contribution in [0.2, 0.25) is 0 Å². The molecule has 2 rings (SSSR count). The van der Waals surface area contributed by atoms with Gasteiger partial charge < -0.3 is 10.6 Å². The zero-order chi connectivity index (χ0) is 25.4. The first-order valence-electron chi connectivity index (χ1n) is 13.0. The van der Waals surface area contributed by atoms with Gasteiger partial charge in [-0.3, -0.25) is 4.99 Å². The number of nitrogens with one attached hydrogen (secondary N) is 2. The maximum atomic E-state index is 4.82. The van der Waals surface area contributed by atoms with Crippen LogP contribution in [-0.4, -0.2) is 18.8 Å². The van der Waals surface area contributed by atoms with Gasteiger partial charge in [0.2, 0.25) is 0 Å². The van der Waals surface area contributed by atoms with Crippen molar-refractivity contribution in [3.8, 4) is 0 Å². The van der Waals surface area contributed by atoms with Crippen LogP contribution in [0.15, 0.2) is 53.2 Å². The molecule has 0 unspecified atom stereocenters. The Kier molecular flexibility index (Phi) is 10.4. The van der Waals surface area contributed by atoms with Gasteiger partial charge in [-0.2, -0.15) is 0 Å². The molecule has 0 aliphatic carbocycles. The van der Waals surface area contributed by atoms with Crippen molar-refractivity contribution < 1.29 is 0 Å². The number of allylic oxidation sites excluding steroid dienone is 2. The fourth-order valence-electron chi connectivity index (χ4n) is 4.46. The third-order valence-electron chi connectivity index (χ3n) is 6.27. The lowest BCUT2D eigenvalue weighted by Gasteiger charge is -2.21. The van der Waals surface area contributed by atoms with E-state index in [1.807, 2.05) is 0 Å². The Morgan fingerprint density at radius 3 is 1.53 bits per heavy atom. The monoisotopic (exact) mass is 461 g/mol. The summed E-state index contributed by atoms with van der Waals surface area (Å²) in [5, 5.41) is 7.38. The average Bonchev–Trinajstić information content (AvgIpc) is 2.75. The molecular weight excluding hydrogens is 414 g/mol. The molecule has 3 heteroatoms. The minimum Gasteiger partial charge on any atom is -0.383 e. The predicted octanol–water partition coefficient (Wildman–Crippen LogP) is 9.07. The van der Waals surface area contributed by atoms with E-state index in [0.29, 0.717) is 23.7 Å². The highest BCUT2D eigenvalue weighted by Gasteiger charge is 2.14. The van der Waals surface area contributed by atoms with E-state index < -0.39 is 0 Å². The van der Waals surface area contributed by atoms with Gasteiger partial charge >= 0.3 is 0 Å². The summed E-state index contributed by atoms with van der Waals surface area (Å²) < 4.78 is 0. The van der Waals surface area contributed by atoms with Crippen LogP contribution in [0.25, 0.3) is 0 Å². The van der Waals surface area contributed by atoms with Gasteiger partial charge in [0.1, 0.15) is 0 Å². The molecule has 186 valence electrons. The molecule has 0 atom stereocenters. The van der Waals surface area contributed by atoms with Crippen molar-refractivity contribution >= 4 is 17.1 Å². The molecule has 0 saturated carbocycles. The van der Waals surface area contributed by atoms with Crippen molar-refractivity contribution in [2.45, 2.75) is 92.9 Å². The van der Waals surface area contributed by atoms with Crippen molar-refractivity contribution in [3.05, 3.63) is 70.4 Å².